The van der Waals surface area contributed by atoms with E-state index in [1.807, 2.05) is 24.3 Å². The van der Waals surface area contributed by atoms with Gasteiger partial charge in [-0.15, -0.1) is 0 Å². The van der Waals surface area contributed by atoms with Crippen LogP contribution in [-0.2, 0) is 9.53 Å². The quantitative estimate of drug-likeness (QED) is 0.492. The molecule has 0 unspecified atom stereocenters. The van der Waals surface area contributed by atoms with E-state index in [4.69, 9.17) is 10.00 Å². The van der Waals surface area contributed by atoms with Crippen LogP contribution in [0.5, 0.6) is 0 Å². The highest BCUT2D eigenvalue weighted by Crippen LogP contribution is 2.24. The fourth-order valence-electron chi connectivity index (χ4n) is 3.05. The summed E-state index contributed by atoms with van der Waals surface area (Å²) in [5.41, 5.74) is 2.79. The summed E-state index contributed by atoms with van der Waals surface area (Å²) < 4.78 is 5.35. The number of nitrogens with zero attached hydrogens (tertiary/aromatic N) is 1. The van der Waals surface area contributed by atoms with E-state index in [1.54, 1.807) is 13.0 Å². The standard InChI is InChI=1S/C22H19N3O4/c1-13-20(17-5-3-4-6-18(17)24-13)21(27)14(2)29-22(28)15-7-9-16(10-8-15)25-19(26)11-12-23/h3-10,14,24H,11H2,1-2H3,(H,25,26)/t14-/m0/s1. The highest BCUT2D eigenvalue weighted by atomic mass is 16.5. The number of ketones is 1. The maximum Gasteiger partial charge on any atom is 0.338 e. The highest BCUT2D eigenvalue weighted by molar-refractivity contribution is 6.11. The number of hydrogen-bond acceptors (Lipinski definition) is 5. The van der Waals surface area contributed by atoms with Crippen LogP contribution in [0.2, 0.25) is 0 Å². The number of nitrogens with one attached hydrogen (secondary N) is 2. The second-order valence-electron chi connectivity index (χ2n) is 6.54. The molecule has 1 atom stereocenters. The number of fused-ring (bicyclic) bond motifs is 1. The summed E-state index contributed by atoms with van der Waals surface area (Å²) in [6.45, 7) is 3.35. The topological polar surface area (TPSA) is 112 Å². The number of nitriles is 1. The zero-order chi connectivity index (χ0) is 21.0. The minimum absolute atomic E-state index is 0.249. The Hall–Kier alpha value is -3.92. The summed E-state index contributed by atoms with van der Waals surface area (Å²) in [6, 6.07) is 15.2. The van der Waals surface area contributed by atoms with Crippen molar-refractivity contribution in [2.75, 3.05) is 5.32 Å². The van der Waals surface area contributed by atoms with E-state index in [0.29, 0.717) is 11.3 Å². The Kier molecular flexibility index (Phi) is 5.74. The Balaban J connectivity index is 1.70. The number of ether oxygens (including phenoxy) is 1. The van der Waals surface area contributed by atoms with Crippen LogP contribution >= 0.6 is 0 Å². The van der Waals surface area contributed by atoms with Gasteiger partial charge in [0.15, 0.2) is 6.10 Å². The fourth-order valence-corrected chi connectivity index (χ4v) is 3.05. The molecule has 0 saturated heterocycles. The molecular formula is C22H19N3O4. The maximum atomic E-state index is 12.9. The number of carbonyl (C=O) groups is 3. The molecule has 1 amide bonds. The number of para-hydroxylation sites is 1. The molecule has 146 valence electrons. The molecule has 3 aromatic rings. The maximum absolute atomic E-state index is 12.9. The Morgan fingerprint density at radius 2 is 1.83 bits per heavy atom. The summed E-state index contributed by atoms with van der Waals surface area (Å²) >= 11 is 0. The van der Waals surface area contributed by atoms with Crippen molar-refractivity contribution in [1.29, 1.82) is 5.26 Å². The molecule has 0 saturated carbocycles. The molecule has 0 aliphatic carbocycles. The van der Waals surface area contributed by atoms with Crippen LogP contribution < -0.4 is 5.32 Å². The predicted molar refractivity (Wildman–Crippen MR) is 108 cm³/mol. The molecule has 7 nitrogen and oxygen atoms in total. The van der Waals surface area contributed by atoms with Gasteiger partial charge in [0.25, 0.3) is 0 Å². The van der Waals surface area contributed by atoms with Crippen LogP contribution in [0, 0.1) is 18.3 Å². The molecule has 2 aromatic carbocycles. The fraction of sp³-hybridized carbons (Fsp3) is 0.182. The average Bonchev–Trinajstić information content (AvgIpc) is 3.03. The monoisotopic (exact) mass is 389 g/mol. The first kappa shape index (κ1) is 19.8. The Morgan fingerprint density at radius 3 is 2.52 bits per heavy atom. The number of aromatic amines is 1. The third kappa shape index (κ3) is 4.33. The van der Waals surface area contributed by atoms with Crippen molar-refractivity contribution in [2.24, 2.45) is 0 Å². The number of rotatable bonds is 6. The van der Waals surface area contributed by atoms with E-state index in [-0.39, 0.29) is 17.8 Å². The predicted octanol–water partition coefficient (Wildman–Crippen LogP) is 3.76. The summed E-state index contributed by atoms with van der Waals surface area (Å²) in [7, 11) is 0. The Bertz CT molecular complexity index is 1120. The molecule has 0 fully saturated rings. The van der Waals surface area contributed by atoms with Gasteiger partial charge < -0.3 is 15.0 Å². The molecule has 1 aromatic heterocycles. The third-order valence-corrected chi connectivity index (χ3v) is 4.44. The van der Waals surface area contributed by atoms with E-state index in [1.165, 1.54) is 31.2 Å². The van der Waals surface area contributed by atoms with E-state index in [2.05, 4.69) is 10.3 Å². The van der Waals surface area contributed by atoms with Crippen LogP contribution in [-0.4, -0.2) is 28.7 Å². The number of carbonyl (C=O) groups excluding carboxylic acids is 3. The minimum Gasteiger partial charge on any atom is -0.451 e. The van der Waals surface area contributed by atoms with Gasteiger partial charge >= 0.3 is 5.97 Å². The molecule has 0 aliphatic rings. The van der Waals surface area contributed by atoms with Gasteiger partial charge in [-0.05, 0) is 44.2 Å². The zero-order valence-corrected chi connectivity index (χ0v) is 16.0. The largest absolute Gasteiger partial charge is 0.451 e. The third-order valence-electron chi connectivity index (χ3n) is 4.44. The lowest BCUT2D eigenvalue weighted by atomic mass is 10.0. The van der Waals surface area contributed by atoms with Crippen molar-refractivity contribution in [3.63, 3.8) is 0 Å². The van der Waals surface area contributed by atoms with Crippen molar-refractivity contribution in [1.82, 2.24) is 4.98 Å². The van der Waals surface area contributed by atoms with Crippen molar-refractivity contribution >= 4 is 34.3 Å². The minimum atomic E-state index is -0.963. The summed E-state index contributed by atoms with van der Waals surface area (Å²) in [5, 5.41) is 11.8. The molecule has 7 heteroatoms. The first-order valence-corrected chi connectivity index (χ1v) is 9.00. The molecule has 0 bridgehead atoms. The van der Waals surface area contributed by atoms with Gasteiger partial charge in [0.2, 0.25) is 11.7 Å². The van der Waals surface area contributed by atoms with Gasteiger partial charge in [-0.2, -0.15) is 5.26 Å². The van der Waals surface area contributed by atoms with Crippen LogP contribution in [0.3, 0.4) is 0 Å². The molecule has 0 aliphatic heterocycles. The number of Topliss-reactive ketones (excluding diaryl/α,β-unsaturated/α-hetero) is 1. The molecule has 0 spiro atoms. The van der Waals surface area contributed by atoms with Crippen molar-refractivity contribution in [2.45, 2.75) is 26.4 Å². The molecule has 29 heavy (non-hydrogen) atoms. The first-order valence-electron chi connectivity index (χ1n) is 9.00. The second kappa shape index (κ2) is 8.40. The molecule has 1 heterocycles. The van der Waals surface area contributed by atoms with E-state index >= 15 is 0 Å². The van der Waals surface area contributed by atoms with Crippen LogP contribution in [0.4, 0.5) is 5.69 Å². The number of hydrogen-bond donors (Lipinski definition) is 2. The lowest BCUT2D eigenvalue weighted by Gasteiger charge is -2.13. The smallest absolute Gasteiger partial charge is 0.338 e. The molecule has 2 N–H and O–H groups in total. The van der Waals surface area contributed by atoms with Crippen LogP contribution in [0.1, 0.15) is 39.8 Å². The number of amides is 1. The van der Waals surface area contributed by atoms with Gasteiger partial charge in [-0.25, -0.2) is 4.79 Å². The number of aromatic nitrogens is 1. The van der Waals surface area contributed by atoms with Gasteiger partial charge in [0.1, 0.15) is 6.42 Å². The Morgan fingerprint density at radius 1 is 1.14 bits per heavy atom. The molecule has 0 radical (unpaired) electrons. The van der Waals surface area contributed by atoms with Gasteiger partial charge in [-0.1, -0.05) is 18.2 Å². The normalized spacial score (nSPS) is 11.5. The van der Waals surface area contributed by atoms with E-state index in [9.17, 15) is 14.4 Å². The molecular weight excluding hydrogens is 370 g/mol. The summed E-state index contributed by atoms with van der Waals surface area (Å²) in [6.07, 6.45) is -1.22. The summed E-state index contributed by atoms with van der Waals surface area (Å²) in [5.74, 6) is -1.36. The van der Waals surface area contributed by atoms with Gasteiger partial charge in [0.05, 0.1) is 11.6 Å². The number of benzene rings is 2. The number of aryl methyl sites for hydroxylation is 1. The van der Waals surface area contributed by atoms with Crippen LogP contribution in [0.15, 0.2) is 48.5 Å². The lowest BCUT2D eigenvalue weighted by molar-refractivity contribution is -0.115. The first-order chi connectivity index (χ1) is 13.9. The number of H-pyrrole nitrogens is 1. The second-order valence-corrected chi connectivity index (χ2v) is 6.54. The molecule has 3 rings (SSSR count). The van der Waals surface area contributed by atoms with E-state index in [0.717, 1.165) is 16.6 Å². The lowest BCUT2D eigenvalue weighted by Crippen LogP contribution is -2.25. The number of esters is 1. The van der Waals surface area contributed by atoms with Gasteiger partial charge in [-0.3, -0.25) is 9.59 Å². The summed E-state index contributed by atoms with van der Waals surface area (Å²) in [4.78, 5) is 39.9. The SMILES string of the molecule is Cc1[nH]c2ccccc2c1C(=O)[C@H](C)OC(=O)c1ccc(NC(=O)CC#N)cc1. The van der Waals surface area contributed by atoms with E-state index < -0.39 is 18.0 Å². The van der Waals surface area contributed by atoms with Crippen molar-refractivity contribution in [3.05, 3.63) is 65.4 Å². The number of anilines is 1. The van der Waals surface area contributed by atoms with Crippen molar-refractivity contribution in [3.8, 4) is 6.07 Å². The Labute approximate surface area is 167 Å². The zero-order valence-electron chi connectivity index (χ0n) is 16.0. The van der Waals surface area contributed by atoms with Crippen LogP contribution in [0.25, 0.3) is 10.9 Å². The highest BCUT2D eigenvalue weighted by Gasteiger charge is 2.24. The van der Waals surface area contributed by atoms with Crippen molar-refractivity contribution < 1.29 is 19.1 Å². The average molecular weight is 389 g/mol. The van der Waals surface area contributed by atoms with Gasteiger partial charge in [0, 0.05) is 27.8 Å².